The molecule has 1 N–H and O–H groups in total. The zero-order valence-electron chi connectivity index (χ0n) is 11.0. The topological polar surface area (TPSA) is 92.9 Å². The number of benzene rings is 1. The molecular weight excluding hydrogens is 252 g/mol. The average molecular weight is 268 g/mol. The van der Waals surface area contributed by atoms with Gasteiger partial charge in [0, 0.05) is 25.3 Å². The zero-order valence-corrected chi connectivity index (χ0v) is 11.0. The Bertz CT molecular complexity index is 489. The molecule has 0 fully saturated rings. The van der Waals surface area contributed by atoms with Crippen molar-refractivity contribution in [3.63, 3.8) is 0 Å². The zero-order chi connectivity index (χ0) is 14.6. The standard InChI is InChI=1S/C12H16N2O5/c1-8(12(15)16)7-13(2)9-4-5-11(19-3)10(6-9)14(17)18/h4-6,8H,7H2,1-3H3,(H,15,16). The van der Waals surface area contributed by atoms with Gasteiger partial charge in [-0.05, 0) is 12.1 Å². The number of nitrogens with zero attached hydrogens (tertiary/aromatic N) is 2. The van der Waals surface area contributed by atoms with Gasteiger partial charge < -0.3 is 14.7 Å². The van der Waals surface area contributed by atoms with E-state index in [1.54, 1.807) is 24.9 Å². The second-order valence-corrected chi connectivity index (χ2v) is 4.23. The van der Waals surface area contributed by atoms with E-state index in [2.05, 4.69) is 0 Å². The van der Waals surface area contributed by atoms with Crippen LogP contribution in [0.3, 0.4) is 0 Å². The lowest BCUT2D eigenvalue weighted by Crippen LogP contribution is -2.28. The van der Waals surface area contributed by atoms with Gasteiger partial charge in [0.1, 0.15) is 0 Å². The minimum absolute atomic E-state index is 0.144. The predicted octanol–water partition coefficient (Wildman–Crippen LogP) is 1.76. The van der Waals surface area contributed by atoms with E-state index in [0.717, 1.165) is 0 Å². The van der Waals surface area contributed by atoms with E-state index in [4.69, 9.17) is 9.84 Å². The molecule has 0 spiro atoms. The first-order chi connectivity index (χ1) is 8.86. The summed E-state index contributed by atoms with van der Waals surface area (Å²) in [4.78, 5) is 22.8. The third-order valence-corrected chi connectivity index (χ3v) is 2.77. The first-order valence-corrected chi connectivity index (χ1v) is 5.63. The lowest BCUT2D eigenvalue weighted by molar-refractivity contribution is -0.385. The van der Waals surface area contributed by atoms with Crippen LogP contribution in [0, 0.1) is 16.0 Å². The van der Waals surface area contributed by atoms with E-state index in [1.807, 2.05) is 0 Å². The largest absolute Gasteiger partial charge is 0.490 e. The number of rotatable bonds is 6. The second-order valence-electron chi connectivity index (χ2n) is 4.23. The number of aliphatic carboxylic acids is 1. The number of nitro benzene ring substituents is 1. The van der Waals surface area contributed by atoms with E-state index in [0.29, 0.717) is 5.69 Å². The van der Waals surface area contributed by atoms with Gasteiger partial charge in [-0.1, -0.05) is 6.92 Å². The van der Waals surface area contributed by atoms with E-state index in [9.17, 15) is 14.9 Å². The molecule has 1 rings (SSSR count). The molecular formula is C12H16N2O5. The van der Waals surface area contributed by atoms with Crippen LogP contribution in [0.15, 0.2) is 18.2 Å². The van der Waals surface area contributed by atoms with Crippen molar-refractivity contribution in [1.82, 2.24) is 0 Å². The summed E-state index contributed by atoms with van der Waals surface area (Å²) in [5, 5.41) is 19.7. The van der Waals surface area contributed by atoms with Crippen LogP contribution in [0.1, 0.15) is 6.92 Å². The summed E-state index contributed by atoms with van der Waals surface area (Å²) in [5.41, 5.74) is 0.426. The highest BCUT2D eigenvalue weighted by Crippen LogP contribution is 2.31. The Morgan fingerprint density at radius 2 is 2.21 bits per heavy atom. The fourth-order valence-corrected chi connectivity index (χ4v) is 1.65. The quantitative estimate of drug-likeness (QED) is 0.624. The molecule has 0 aliphatic carbocycles. The molecule has 1 aromatic carbocycles. The number of methoxy groups -OCH3 is 1. The highest BCUT2D eigenvalue weighted by atomic mass is 16.6. The number of anilines is 1. The van der Waals surface area contributed by atoms with Crippen LogP contribution >= 0.6 is 0 Å². The van der Waals surface area contributed by atoms with Gasteiger partial charge >= 0.3 is 11.7 Å². The van der Waals surface area contributed by atoms with E-state index in [-0.39, 0.29) is 18.0 Å². The predicted molar refractivity (Wildman–Crippen MR) is 69.7 cm³/mol. The van der Waals surface area contributed by atoms with E-state index in [1.165, 1.54) is 19.2 Å². The molecule has 0 saturated carbocycles. The van der Waals surface area contributed by atoms with E-state index >= 15 is 0 Å². The third kappa shape index (κ3) is 3.57. The first-order valence-electron chi connectivity index (χ1n) is 5.63. The number of nitro groups is 1. The summed E-state index contributed by atoms with van der Waals surface area (Å²) < 4.78 is 4.91. The number of carboxylic acid groups (broad SMARTS) is 1. The SMILES string of the molecule is COc1ccc(N(C)CC(C)C(=O)O)cc1[N+](=O)[O-]. The number of hydrogen-bond acceptors (Lipinski definition) is 5. The summed E-state index contributed by atoms with van der Waals surface area (Å²) in [5.74, 6) is -1.30. The van der Waals surface area contributed by atoms with Gasteiger partial charge in [0.25, 0.3) is 0 Å². The molecule has 0 aliphatic rings. The number of hydrogen-bond donors (Lipinski definition) is 1. The third-order valence-electron chi connectivity index (χ3n) is 2.77. The molecule has 0 aromatic heterocycles. The highest BCUT2D eigenvalue weighted by molar-refractivity contribution is 5.70. The Morgan fingerprint density at radius 1 is 1.58 bits per heavy atom. The summed E-state index contributed by atoms with van der Waals surface area (Å²) >= 11 is 0. The first kappa shape index (κ1) is 14.7. The fraction of sp³-hybridized carbons (Fsp3) is 0.417. The Balaban J connectivity index is 2.98. The van der Waals surface area contributed by atoms with Gasteiger partial charge in [-0.2, -0.15) is 0 Å². The van der Waals surface area contributed by atoms with Crippen molar-refractivity contribution in [2.75, 3.05) is 25.6 Å². The molecule has 7 nitrogen and oxygen atoms in total. The average Bonchev–Trinajstić information content (AvgIpc) is 2.37. The summed E-state index contributed by atoms with van der Waals surface area (Å²) in [6.07, 6.45) is 0. The van der Waals surface area contributed by atoms with Gasteiger partial charge in [-0.25, -0.2) is 0 Å². The molecule has 1 unspecified atom stereocenters. The molecule has 1 aromatic rings. The normalized spacial score (nSPS) is 11.7. The second kappa shape index (κ2) is 6.03. The maximum atomic E-state index is 10.9. The molecule has 0 saturated heterocycles. The molecule has 1 atom stereocenters. The summed E-state index contributed by atoms with van der Waals surface area (Å²) in [6.45, 7) is 1.84. The van der Waals surface area contributed by atoms with Crippen LogP contribution in [0.4, 0.5) is 11.4 Å². The molecule has 0 radical (unpaired) electrons. The molecule has 0 bridgehead atoms. The minimum Gasteiger partial charge on any atom is -0.490 e. The molecule has 0 aliphatic heterocycles. The maximum Gasteiger partial charge on any atom is 0.312 e. The summed E-state index contributed by atoms with van der Waals surface area (Å²) in [6, 6.07) is 4.52. The molecule has 0 amide bonds. The van der Waals surface area contributed by atoms with Crippen molar-refractivity contribution in [3.05, 3.63) is 28.3 Å². The Hall–Kier alpha value is -2.31. The van der Waals surface area contributed by atoms with Crippen LogP contribution in [0.2, 0.25) is 0 Å². The number of carboxylic acids is 1. The van der Waals surface area contributed by atoms with Crippen LogP contribution in [0.5, 0.6) is 5.75 Å². The van der Waals surface area contributed by atoms with Crippen molar-refractivity contribution in [2.24, 2.45) is 5.92 Å². The van der Waals surface area contributed by atoms with E-state index < -0.39 is 16.8 Å². The lowest BCUT2D eigenvalue weighted by atomic mass is 10.1. The molecule has 19 heavy (non-hydrogen) atoms. The lowest BCUT2D eigenvalue weighted by Gasteiger charge is -2.21. The molecule has 7 heteroatoms. The Kier molecular flexibility index (Phi) is 4.68. The van der Waals surface area contributed by atoms with Crippen molar-refractivity contribution < 1.29 is 19.6 Å². The molecule has 104 valence electrons. The van der Waals surface area contributed by atoms with Crippen LogP contribution in [0.25, 0.3) is 0 Å². The van der Waals surface area contributed by atoms with Crippen LogP contribution in [-0.2, 0) is 4.79 Å². The van der Waals surface area contributed by atoms with Crippen molar-refractivity contribution >= 4 is 17.3 Å². The number of ether oxygens (including phenoxy) is 1. The monoisotopic (exact) mass is 268 g/mol. The van der Waals surface area contributed by atoms with Gasteiger partial charge in [-0.3, -0.25) is 14.9 Å². The van der Waals surface area contributed by atoms with Gasteiger partial charge in [0.2, 0.25) is 0 Å². The van der Waals surface area contributed by atoms with Gasteiger partial charge in [0.15, 0.2) is 5.75 Å². The summed E-state index contributed by atoms with van der Waals surface area (Å²) in [7, 11) is 3.04. The minimum atomic E-state index is -0.908. The molecule has 0 heterocycles. The van der Waals surface area contributed by atoms with Crippen molar-refractivity contribution in [3.8, 4) is 5.75 Å². The maximum absolute atomic E-state index is 10.9. The smallest absolute Gasteiger partial charge is 0.312 e. The van der Waals surface area contributed by atoms with Gasteiger partial charge in [-0.15, -0.1) is 0 Å². The van der Waals surface area contributed by atoms with Crippen LogP contribution in [-0.4, -0.2) is 36.7 Å². The fourth-order valence-electron chi connectivity index (χ4n) is 1.65. The number of carbonyl (C=O) groups is 1. The van der Waals surface area contributed by atoms with Crippen molar-refractivity contribution in [1.29, 1.82) is 0 Å². The highest BCUT2D eigenvalue weighted by Gasteiger charge is 2.19. The van der Waals surface area contributed by atoms with Crippen molar-refractivity contribution in [2.45, 2.75) is 6.92 Å². The Labute approximate surface area is 110 Å². The van der Waals surface area contributed by atoms with Crippen LogP contribution < -0.4 is 9.64 Å². The van der Waals surface area contributed by atoms with Gasteiger partial charge in [0.05, 0.1) is 18.0 Å². The Morgan fingerprint density at radius 3 is 2.68 bits per heavy atom.